The van der Waals surface area contributed by atoms with Gasteiger partial charge in [0.1, 0.15) is 0 Å². The normalized spacial score (nSPS) is 16.2. The molecule has 0 aliphatic heterocycles. The monoisotopic (exact) mass is 320 g/mol. The van der Waals surface area contributed by atoms with Crippen LogP contribution in [0.5, 0.6) is 0 Å². The highest BCUT2D eigenvalue weighted by molar-refractivity contribution is 9.09. The summed E-state index contributed by atoms with van der Waals surface area (Å²) in [7, 11) is 0. The number of alkyl halides is 4. The van der Waals surface area contributed by atoms with Crippen molar-refractivity contribution in [3.63, 3.8) is 0 Å². The molecule has 17 heavy (non-hydrogen) atoms. The summed E-state index contributed by atoms with van der Waals surface area (Å²) in [6.07, 6.45) is -5.18. The summed E-state index contributed by atoms with van der Waals surface area (Å²) in [6.45, 7) is 2.98. The van der Waals surface area contributed by atoms with Crippen molar-refractivity contribution in [2.24, 2.45) is 5.41 Å². The molecular formula is C9H12BrF3O4. The van der Waals surface area contributed by atoms with Crippen LogP contribution in [0.2, 0.25) is 0 Å². The Morgan fingerprint density at radius 3 is 1.88 bits per heavy atom. The minimum atomic E-state index is -5.18. The van der Waals surface area contributed by atoms with Gasteiger partial charge in [-0.05, 0) is 20.8 Å². The zero-order valence-electron chi connectivity index (χ0n) is 9.39. The molecule has 0 rings (SSSR count). The van der Waals surface area contributed by atoms with E-state index in [4.69, 9.17) is 5.11 Å². The van der Waals surface area contributed by atoms with Gasteiger partial charge in [0, 0.05) is 5.33 Å². The molecule has 0 saturated heterocycles. The Bertz CT molecular complexity index is 327. The Morgan fingerprint density at radius 1 is 1.24 bits per heavy atom. The molecule has 0 amide bonds. The smallest absolute Gasteiger partial charge is 0.439 e. The van der Waals surface area contributed by atoms with Gasteiger partial charge >= 0.3 is 18.1 Å². The van der Waals surface area contributed by atoms with Gasteiger partial charge in [-0.2, -0.15) is 13.2 Å². The van der Waals surface area contributed by atoms with Gasteiger partial charge < -0.3 is 9.84 Å². The van der Waals surface area contributed by atoms with E-state index in [9.17, 15) is 22.8 Å². The minimum absolute atomic E-state index is 0.0480. The van der Waals surface area contributed by atoms with Crippen molar-refractivity contribution >= 4 is 27.9 Å². The van der Waals surface area contributed by atoms with E-state index in [0.29, 0.717) is 6.92 Å². The lowest BCUT2D eigenvalue weighted by molar-refractivity contribution is -0.266. The zero-order chi connectivity index (χ0) is 14.1. The fraction of sp³-hybridized carbons (Fsp3) is 0.778. The second-order valence-electron chi connectivity index (χ2n) is 4.24. The lowest BCUT2D eigenvalue weighted by atomic mass is 9.96. The van der Waals surface area contributed by atoms with Gasteiger partial charge in [0.2, 0.25) is 0 Å². The summed E-state index contributed by atoms with van der Waals surface area (Å²) in [5.41, 5.74) is -4.79. The van der Waals surface area contributed by atoms with E-state index in [1.807, 2.05) is 0 Å². The highest BCUT2D eigenvalue weighted by Gasteiger charge is 2.61. The van der Waals surface area contributed by atoms with Gasteiger partial charge in [0.25, 0.3) is 5.60 Å². The molecule has 100 valence electrons. The number of carbonyl (C=O) groups is 2. The van der Waals surface area contributed by atoms with Crippen molar-refractivity contribution in [1.82, 2.24) is 0 Å². The maximum Gasteiger partial charge on any atom is 0.439 e. The Balaban J connectivity index is 5.19. The third kappa shape index (κ3) is 3.34. The van der Waals surface area contributed by atoms with Crippen LogP contribution in [0.15, 0.2) is 0 Å². The number of carboxylic acid groups (broad SMARTS) is 1. The molecule has 0 aromatic heterocycles. The number of esters is 1. The van der Waals surface area contributed by atoms with Crippen molar-refractivity contribution in [3.8, 4) is 0 Å². The number of hydrogen-bond acceptors (Lipinski definition) is 3. The van der Waals surface area contributed by atoms with Crippen molar-refractivity contribution < 1.29 is 32.6 Å². The van der Waals surface area contributed by atoms with Crippen LogP contribution in [0.4, 0.5) is 13.2 Å². The van der Waals surface area contributed by atoms with Crippen LogP contribution in [0, 0.1) is 5.41 Å². The standard InChI is InChI=1S/C9H12BrF3O4/c1-7(2,4-10)6(16)17-8(3,5(14)15)9(11,12)13/h4H2,1-3H3,(H,14,15). The average Bonchev–Trinajstić information content (AvgIpc) is 2.15. The number of carboxylic acids is 1. The summed E-state index contributed by atoms with van der Waals surface area (Å²) >= 11 is 2.94. The predicted molar refractivity (Wildman–Crippen MR) is 55.8 cm³/mol. The fourth-order valence-corrected chi connectivity index (χ4v) is 0.830. The predicted octanol–water partition coefficient (Wildman–Crippen LogP) is 2.36. The molecule has 4 nitrogen and oxygen atoms in total. The van der Waals surface area contributed by atoms with Crippen LogP contribution in [-0.4, -0.2) is 34.2 Å². The molecule has 0 saturated carbocycles. The SMILES string of the molecule is CC(C)(CBr)C(=O)OC(C)(C(=O)O)C(F)(F)F. The third-order valence-electron chi connectivity index (χ3n) is 2.13. The Morgan fingerprint density at radius 2 is 1.65 bits per heavy atom. The van der Waals surface area contributed by atoms with E-state index < -0.39 is 29.1 Å². The number of halogens is 4. The summed E-state index contributed by atoms with van der Waals surface area (Å²) in [4.78, 5) is 22.1. The summed E-state index contributed by atoms with van der Waals surface area (Å²) in [5, 5.41) is 8.59. The van der Waals surface area contributed by atoms with E-state index in [2.05, 4.69) is 20.7 Å². The highest BCUT2D eigenvalue weighted by atomic mass is 79.9. The minimum Gasteiger partial charge on any atom is -0.478 e. The molecule has 1 atom stereocenters. The first-order valence-electron chi connectivity index (χ1n) is 4.48. The molecule has 1 unspecified atom stereocenters. The number of carbonyl (C=O) groups excluding carboxylic acids is 1. The lowest BCUT2D eigenvalue weighted by Gasteiger charge is -2.30. The van der Waals surface area contributed by atoms with Gasteiger partial charge in [-0.25, -0.2) is 4.79 Å². The van der Waals surface area contributed by atoms with Crippen molar-refractivity contribution in [3.05, 3.63) is 0 Å². The molecule has 0 heterocycles. The first-order chi connectivity index (χ1) is 7.38. The Hall–Kier alpha value is -0.790. The van der Waals surface area contributed by atoms with E-state index in [0.717, 1.165) is 0 Å². The molecule has 1 N–H and O–H groups in total. The first kappa shape index (κ1) is 16.2. The molecule has 0 radical (unpaired) electrons. The van der Waals surface area contributed by atoms with Crippen molar-refractivity contribution in [2.75, 3.05) is 5.33 Å². The average molecular weight is 321 g/mol. The number of rotatable bonds is 4. The largest absolute Gasteiger partial charge is 0.478 e. The van der Waals surface area contributed by atoms with Crippen LogP contribution >= 0.6 is 15.9 Å². The molecule has 0 bridgehead atoms. The van der Waals surface area contributed by atoms with Gasteiger partial charge in [0.15, 0.2) is 0 Å². The topological polar surface area (TPSA) is 63.6 Å². The first-order valence-corrected chi connectivity index (χ1v) is 5.60. The van der Waals surface area contributed by atoms with Crippen LogP contribution in [-0.2, 0) is 14.3 Å². The Labute approximate surface area is 104 Å². The van der Waals surface area contributed by atoms with Crippen LogP contribution in [0.3, 0.4) is 0 Å². The maximum absolute atomic E-state index is 12.5. The molecule has 0 spiro atoms. The van der Waals surface area contributed by atoms with E-state index in [1.54, 1.807) is 0 Å². The van der Waals surface area contributed by atoms with Gasteiger partial charge in [-0.15, -0.1) is 0 Å². The number of hydrogen-bond donors (Lipinski definition) is 1. The van der Waals surface area contributed by atoms with Crippen LogP contribution in [0.1, 0.15) is 20.8 Å². The van der Waals surface area contributed by atoms with E-state index >= 15 is 0 Å². The zero-order valence-corrected chi connectivity index (χ0v) is 11.0. The Kier molecular flexibility index (Phi) is 4.61. The van der Waals surface area contributed by atoms with E-state index in [1.165, 1.54) is 13.8 Å². The molecule has 0 aliphatic rings. The molecule has 8 heteroatoms. The highest BCUT2D eigenvalue weighted by Crippen LogP contribution is 2.36. The maximum atomic E-state index is 12.5. The second-order valence-corrected chi connectivity index (χ2v) is 4.80. The number of ether oxygens (including phenoxy) is 1. The quantitative estimate of drug-likeness (QED) is 0.638. The van der Waals surface area contributed by atoms with Gasteiger partial charge in [0.05, 0.1) is 5.41 Å². The summed E-state index contributed by atoms with van der Waals surface area (Å²) < 4.78 is 41.7. The third-order valence-corrected chi connectivity index (χ3v) is 3.53. The molecule has 0 aromatic rings. The molecule has 0 fully saturated rings. The molecule has 0 aromatic carbocycles. The summed E-state index contributed by atoms with van der Waals surface area (Å²) in [5.74, 6) is -3.50. The van der Waals surface area contributed by atoms with Crippen molar-refractivity contribution in [1.29, 1.82) is 0 Å². The molecular weight excluding hydrogens is 309 g/mol. The fourth-order valence-electron chi connectivity index (χ4n) is 0.601. The lowest BCUT2D eigenvalue weighted by Crippen LogP contribution is -2.54. The van der Waals surface area contributed by atoms with Gasteiger partial charge in [-0.1, -0.05) is 15.9 Å². The van der Waals surface area contributed by atoms with Gasteiger partial charge in [-0.3, -0.25) is 4.79 Å². The number of aliphatic carboxylic acids is 1. The van der Waals surface area contributed by atoms with E-state index in [-0.39, 0.29) is 5.33 Å². The van der Waals surface area contributed by atoms with Crippen LogP contribution < -0.4 is 0 Å². The summed E-state index contributed by atoms with van der Waals surface area (Å²) in [6, 6.07) is 0. The second kappa shape index (κ2) is 4.83. The van der Waals surface area contributed by atoms with Crippen LogP contribution in [0.25, 0.3) is 0 Å². The molecule has 0 aliphatic carbocycles. The van der Waals surface area contributed by atoms with Crippen molar-refractivity contribution in [2.45, 2.75) is 32.5 Å².